The van der Waals surface area contributed by atoms with Gasteiger partial charge in [-0.05, 0) is 37.0 Å². The molecule has 0 atom stereocenters. The fraction of sp³-hybridized carbons (Fsp3) is 0.300. The van der Waals surface area contributed by atoms with Gasteiger partial charge in [-0.3, -0.25) is 9.59 Å². The highest BCUT2D eigenvalue weighted by atomic mass is 19.1. The van der Waals surface area contributed by atoms with Crippen LogP contribution in [0.4, 0.5) is 4.39 Å². The quantitative estimate of drug-likeness (QED) is 0.782. The van der Waals surface area contributed by atoms with Crippen LogP contribution < -0.4 is 10.6 Å². The van der Waals surface area contributed by atoms with Crippen molar-refractivity contribution in [3.8, 4) is 0 Å². The lowest BCUT2D eigenvalue weighted by molar-refractivity contribution is -0.116. The first-order chi connectivity index (χ1) is 12.6. The molecule has 1 aromatic heterocycles. The molecule has 1 aliphatic rings. The first-order valence-electron chi connectivity index (χ1n) is 8.63. The van der Waals surface area contributed by atoms with Crippen molar-refractivity contribution in [3.05, 3.63) is 70.9 Å². The van der Waals surface area contributed by atoms with Gasteiger partial charge in [0.1, 0.15) is 17.8 Å². The maximum Gasteiger partial charge on any atom is 0.255 e. The van der Waals surface area contributed by atoms with E-state index < -0.39 is 5.82 Å². The number of fused-ring (bicyclic) bond motifs is 1. The average molecular weight is 356 g/mol. The molecule has 3 rings (SSSR count). The summed E-state index contributed by atoms with van der Waals surface area (Å²) >= 11 is 0. The highest BCUT2D eigenvalue weighted by Crippen LogP contribution is 2.26. The summed E-state index contributed by atoms with van der Waals surface area (Å²) in [6, 6.07) is 4.67. The number of amides is 2. The molecular weight excluding hydrogens is 335 g/mol. The Bertz CT molecular complexity index is 842. The number of benzene rings is 1. The number of nitrogens with one attached hydrogen (secondary N) is 2. The predicted molar refractivity (Wildman–Crippen MR) is 95.0 cm³/mol. The van der Waals surface area contributed by atoms with Crippen LogP contribution in [0.1, 0.15) is 45.7 Å². The van der Waals surface area contributed by atoms with Crippen molar-refractivity contribution < 1.29 is 18.4 Å². The zero-order valence-corrected chi connectivity index (χ0v) is 14.4. The maximum atomic E-state index is 14.2. The van der Waals surface area contributed by atoms with Gasteiger partial charge in [0.25, 0.3) is 5.91 Å². The van der Waals surface area contributed by atoms with Crippen molar-refractivity contribution in [2.45, 2.75) is 38.8 Å². The van der Waals surface area contributed by atoms with E-state index in [9.17, 15) is 14.0 Å². The predicted octanol–water partition coefficient (Wildman–Crippen LogP) is 3.03. The fourth-order valence-corrected chi connectivity index (χ4v) is 3.06. The SMILES string of the molecule is C=CC(=O)NCc1ccc(CNC(=O)c2coc3c2CCCC3)c(F)c1. The van der Waals surface area contributed by atoms with Crippen molar-refractivity contribution in [2.24, 2.45) is 0 Å². The van der Waals surface area contributed by atoms with Gasteiger partial charge in [0.15, 0.2) is 0 Å². The molecule has 0 saturated heterocycles. The standard InChI is InChI=1S/C20H21FN2O3/c1-2-19(24)22-10-13-7-8-14(17(21)9-13)11-23-20(25)16-12-26-18-6-4-3-5-15(16)18/h2,7-9,12H,1,3-6,10-11H2,(H,22,24)(H,23,25). The molecule has 26 heavy (non-hydrogen) atoms. The normalized spacial score (nSPS) is 13.0. The van der Waals surface area contributed by atoms with E-state index in [1.807, 2.05) is 0 Å². The molecule has 1 aliphatic carbocycles. The van der Waals surface area contributed by atoms with Crippen LogP contribution in [0.3, 0.4) is 0 Å². The Labute approximate surface area is 151 Å². The molecule has 2 N–H and O–H groups in total. The molecule has 0 radical (unpaired) electrons. The van der Waals surface area contributed by atoms with E-state index in [0.29, 0.717) is 16.7 Å². The first kappa shape index (κ1) is 17.9. The number of hydrogen-bond acceptors (Lipinski definition) is 3. The molecule has 0 saturated carbocycles. The van der Waals surface area contributed by atoms with E-state index in [1.54, 1.807) is 12.1 Å². The Hall–Kier alpha value is -2.89. The van der Waals surface area contributed by atoms with E-state index in [1.165, 1.54) is 12.3 Å². The molecule has 6 heteroatoms. The molecule has 2 amide bonds. The second-order valence-electron chi connectivity index (χ2n) is 6.29. The molecule has 0 unspecified atom stereocenters. The maximum absolute atomic E-state index is 14.2. The minimum Gasteiger partial charge on any atom is -0.468 e. The van der Waals surface area contributed by atoms with Crippen molar-refractivity contribution >= 4 is 11.8 Å². The van der Waals surface area contributed by atoms with Gasteiger partial charge in [0.2, 0.25) is 5.91 Å². The summed E-state index contributed by atoms with van der Waals surface area (Å²) in [5.74, 6) is -0.104. The Morgan fingerprint density at radius 1 is 1.19 bits per heavy atom. The Morgan fingerprint density at radius 2 is 2.00 bits per heavy atom. The van der Waals surface area contributed by atoms with Crippen LogP contribution in [-0.4, -0.2) is 11.8 Å². The van der Waals surface area contributed by atoms with Crippen LogP contribution in [0, 0.1) is 5.82 Å². The smallest absolute Gasteiger partial charge is 0.255 e. The molecule has 0 spiro atoms. The van der Waals surface area contributed by atoms with Gasteiger partial charge in [-0.15, -0.1) is 0 Å². The van der Waals surface area contributed by atoms with Gasteiger partial charge in [-0.1, -0.05) is 18.7 Å². The van der Waals surface area contributed by atoms with E-state index in [4.69, 9.17) is 4.42 Å². The molecule has 136 valence electrons. The number of furan rings is 1. The van der Waals surface area contributed by atoms with Crippen LogP contribution in [0.15, 0.2) is 41.5 Å². The highest BCUT2D eigenvalue weighted by Gasteiger charge is 2.21. The van der Waals surface area contributed by atoms with Gasteiger partial charge in [-0.25, -0.2) is 4.39 Å². The lowest BCUT2D eigenvalue weighted by Gasteiger charge is -2.11. The second kappa shape index (κ2) is 7.99. The largest absolute Gasteiger partial charge is 0.468 e. The van der Waals surface area contributed by atoms with Crippen molar-refractivity contribution in [3.63, 3.8) is 0 Å². The Balaban J connectivity index is 1.60. The summed E-state index contributed by atoms with van der Waals surface area (Å²) < 4.78 is 19.7. The molecule has 1 aromatic carbocycles. The number of carbonyl (C=O) groups is 2. The van der Waals surface area contributed by atoms with Gasteiger partial charge >= 0.3 is 0 Å². The lowest BCUT2D eigenvalue weighted by Crippen LogP contribution is -2.24. The topological polar surface area (TPSA) is 71.3 Å². The molecule has 0 aliphatic heterocycles. The number of aryl methyl sites for hydroxylation is 1. The summed E-state index contributed by atoms with van der Waals surface area (Å²) in [5.41, 5.74) is 2.54. The van der Waals surface area contributed by atoms with Gasteiger partial charge in [0.05, 0.1) is 5.56 Å². The highest BCUT2D eigenvalue weighted by molar-refractivity contribution is 5.95. The summed E-state index contributed by atoms with van der Waals surface area (Å²) in [6.45, 7) is 3.67. The zero-order valence-electron chi connectivity index (χ0n) is 14.4. The zero-order chi connectivity index (χ0) is 18.5. The van der Waals surface area contributed by atoms with Crippen molar-refractivity contribution in [1.29, 1.82) is 0 Å². The van der Waals surface area contributed by atoms with Gasteiger partial charge in [-0.2, -0.15) is 0 Å². The number of hydrogen-bond donors (Lipinski definition) is 2. The Morgan fingerprint density at radius 3 is 2.77 bits per heavy atom. The van der Waals surface area contributed by atoms with Crippen LogP contribution in [0.25, 0.3) is 0 Å². The van der Waals surface area contributed by atoms with Gasteiger partial charge in [0, 0.05) is 30.6 Å². The number of rotatable bonds is 6. The van der Waals surface area contributed by atoms with E-state index >= 15 is 0 Å². The first-order valence-corrected chi connectivity index (χ1v) is 8.63. The molecule has 1 heterocycles. The van der Waals surface area contributed by atoms with E-state index in [-0.39, 0.29) is 24.9 Å². The monoisotopic (exact) mass is 356 g/mol. The third-order valence-electron chi connectivity index (χ3n) is 4.51. The molecule has 2 aromatic rings. The Kier molecular flexibility index (Phi) is 5.51. The summed E-state index contributed by atoms with van der Waals surface area (Å²) in [6.07, 6.45) is 6.48. The van der Waals surface area contributed by atoms with E-state index in [0.717, 1.165) is 43.1 Å². The second-order valence-corrected chi connectivity index (χ2v) is 6.29. The summed E-state index contributed by atoms with van der Waals surface area (Å²) in [7, 11) is 0. The van der Waals surface area contributed by atoms with Crippen molar-refractivity contribution in [2.75, 3.05) is 0 Å². The van der Waals surface area contributed by atoms with Crippen molar-refractivity contribution in [1.82, 2.24) is 10.6 Å². The van der Waals surface area contributed by atoms with Crippen LogP contribution in [-0.2, 0) is 30.7 Å². The third-order valence-corrected chi connectivity index (χ3v) is 4.51. The number of halogens is 1. The molecular formula is C20H21FN2O3. The summed E-state index contributed by atoms with van der Waals surface area (Å²) in [5, 5.41) is 5.34. The molecule has 5 nitrogen and oxygen atoms in total. The average Bonchev–Trinajstić information content (AvgIpc) is 3.09. The minimum absolute atomic E-state index is 0.0872. The lowest BCUT2D eigenvalue weighted by atomic mass is 9.95. The molecule has 0 bridgehead atoms. The number of carbonyl (C=O) groups excluding carboxylic acids is 2. The minimum atomic E-state index is -0.426. The van der Waals surface area contributed by atoms with E-state index in [2.05, 4.69) is 17.2 Å². The molecule has 0 fully saturated rings. The summed E-state index contributed by atoms with van der Waals surface area (Å²) in [4.78, 5) is 23.5. The third kappa shape index (κ3) is 4.02. The van der Waals surface area contributed by atoms with Crippen LogP contribution in [0.2, 0.25) is 0 Å². The fourth-order valence-electron chi connectivity index (χ4n) is 3.06. The van der Waals surface area contributed by atoms with Crippen LogP contribution in [0.5, 0.6) is 0 Å². The van der Waals surface area contributed by atoms with Crippen LogP contribution >= 0.6 is 0 Å². The van der Waals surface area contributed by atoms with Gasteiger partial charge < -0.3 is 15.1 Å².